The lowest BCUT2D eigenvalue weighted by molar-refractivity contribution is 0.353. The number of ether oxygens (including phenoxy) is 2. The number of methoxy groups -OCH3 is 2. The Hall–Kier alpha value is -2.19. The zero-order valence-electron chi connectivity index (χ0n) is 11.7. The normalized spacial score (nSPS) is 12.2. The van der Waals surface area contributed by atoms with E-state index in [4.69, 9.17) is 15.3 Å². The Bertz CT molecular complexity index is 571. The Morgan fingerprint density at radius 1 is 1.30 bits per heavy atom. The van der Waals surface area contributed by atoms with Crippen molar-refractivity contribution in [2.24, 2.45) is 12.9 Å². The van der Waals surface area contributed by atoms with E-state index < -0.39 is 0 Å². The monoisotopic (exact) mass is 278 g/mol. The molecule has 8 heteroatoms. The number of hydrogen-bond acceptors (Lipinski definition) is 7. The van der Waals surface area contributed by atoms with Gasteiger partial charge in [0.2, 0.25) is 0 Å². The van der Waals surface area contributed by atoms with Gasteiger partial charge in [-0.15, -0.1) is 10.2 Å². The summed E-state index contributed by atoms with van der Waals surface area (Å²) < 4.78 is 10.5. The van der Waals surface area contributed by atoms with Crippen LogP contribution in [0.3, 0.4) is 0 Å². The summed E-state index contributed by atoms with van der Waals surface area (Å²) in [4.78, 5) is 1.41. The molecule has 20 heavy (non-hydrogen) atoms. The van der Waals surface area contributed by atoms with E-state index in [1.165, 1.54) is 4.80 Å². The van der Waals surface area contributed by atoms with Crippen LogP contribution in [-0.4, -0.2) is 34.4 Å². The summed E-state index contributed by atoms with van der Waals surface area (Å²) in [6, 6.07) is 5.49. The highest BCUT2D eigenvalue weighted by Gasteiger charge is 2.16. The number of tetrazole rings is 1. The van der Waals surface area contributed by atoms with Crippen molar-refractivity contribution in [3.63, 3.8) is 0 Å². The highest BCUT2D eigenvalue weighted by molar-refractivity contribution is 5.43. The molecular weight excluding hydrogens is 260 g/mol. The molecule has 0 amide bonds. The first kappa shape index (κ1) is 14.2. The first-order chi connectivity index (χ1) is 9.67. The molecule has 1 aromatic carbocycles. The molecular formula is C12H18N6O2. The predicted molar refractivity (Wildman–Crippen MR) is 72.1 cm³/mol. The first-order valence-corrected chi connectivity index (χ1v) is 6.09. The van der Waals surface area contributed by atoms with Crippen molar-refractivity contribution < 1.29 is 9.47 Å². The van der Waals surface area contributed by atoms with E-state index in [1.807, 2.05) is 18.2 Å². The molecule has 1 heterocycles. The summed E-state index contributed by atoms with van der Waals surface area (Å²) in [6.45, 7) is 0. The lowest BCUT2D eigenvalue weighted by atomic mass is 10.0. The number of aryl methyl sites for hydroxylation is 1. The third kappa shape index (κ3) is 3.03. The second-order valence-electron chi connectivity index (χ2n) is 4.23. The van der Waals surface area contributed by atoms with Gasteiger partial charge in [-0.05, 0) is 22.9 Å². The van der Waals surface area contributed by atoms with Crippen LogP contribution in [0.4, 0.5) is 0 Å². The van der Waals surface area contributed by atoms with Crippen molar-refractivity contribution in [1.82, 2.24) is 25.6 Å². The summed E-state index contributed by atoms with van der Waals surface area (Å²) in [5, 5.41) is 11.9. The summed E-state index contributed by atoms with van der Waals surface area (Å²) in [5.74, 6) is 7.55. The van der Waals surface area contributed by atoms with Crippen molar-refractivity contribution in [1.29, 1.82) is 0 Å². The SMILES string of the molecule is COc1ccc(C(Cc2nnn(C)n2)NN)cc1OC. The fraction of sp³-hybridized carbons (Fsp3) is 0.417. The summed E-state index contributed by atoms with van der Waals surface area (Å²) in [6.07, 6.45) is 0.528. The van der Waals surface area contributed by atoms with Gasteiger partial charge in [-0.1, -0.05) is 6.07 Å². The molecule has 3 N–H and O–H groups in total. The number of nitrogens with one attached hydrogen (secondary N) is 1. The van der Waals surface area contributed by atoms with Crippen LogP contribution in [0.2, 0.25) is 0 Å². The molecule has 8 nitrogen and oxygen atoms in total. The lowest BCUT2D eigenvalue weighted by Crippen LogP contribution is -2.30. The zero-order valence-corrected chi connectivity index (χ0v) is 11.7. The molecule has 0 bridgehead atoms. The Morgan fingerprint density at radius 2 is 2.05 bits per heavy atom. The van der Waals surface area contributed by atoms with Crippen LogP contribution in [0.5, 0.6) is 11.5 Å². The molecule has 0 saturated heterocycles. The molecule has 0 aliphatic carbocycles. The van der Waals surface area contributed by atoms with Gasteiger partial charge in [-0.3, -0.25) is 11.3 Å². The van der Waals surface area contributed by atoms with Crippen LogP contribution in [-0.2, 0) is 13.5 Å². The van der Waals surface area contributed by atoms with Gasteiger partial charge in [0.25, 0.3) is 0 Å². The minimum Gasteiger partial charge on any atom is -0.493 e. The zero-order chi connectivity index (χ0) is 14.5. The minimum atomic E-state index is -0.140. The van der Waals surface area contributed by atoms with Crippen LogP contribution in [0.25, 0.3) is 0 Å². The molecule has 0 fully saturated rings. The standard InChI is InChI=1S/C12H18N6O2/c1-18-16-12(15-17-18)7-9(14-13)8-4-5-10(19-2)11(6-8)20-3/h4-6,9,14H,7,13H2,1-3H3. The van der Waals surface area contributed by atoms with Gasteiger partial charge in [0.15, 0.2) is 17.3 Å². The van der Waals surface area contributed by atoms with E-state index in [2.05, 4.69) is 20.8 Å². The van der Waals surface area contributed by atoms with Crippen LogP contribution >= 0.6 is 0 Å². The molecule has 1 unspecified atom stereocenters. The first-order valence-electron chi connectivity index (χ1n) is 6.09. The average molecular weight is 278 g/mol. The third-order valence-corrected chi connectivity index (χ3v) is 2.95. The Labute approximate surface area is 116 Å². The van der Waals surface area contributed by atoms with E-state index in [-0.39, 0.29) is 6.04 Å². The molecule has 0 spiro atoms. The second kappa shape index (κ2) is 6.31. The van der Waals surface area contributed by atoms with E-state index in [0.29, 0.717) is 23.7 Å². The van der Waals surface area contributed by atoms with Gasteiger partial charge >= 0.3 is 0 Å². The Balaban J connectivity index is 2.22. The van der Waals surface area contributed by atoms with Gasteiger partial charge < -0.3 is 9.47 Å². The highest BCUT2D eigenvalue weighted by atomic mass is 16.5. The van der Waals surface area contributed by atoms with Crippen molar-refractivity contribution in [2.75, 3.05) is 14.2 Å². The predicted octanol–water partition coefficient (Wildman–Crippen LogP) is -0.0256. The topological polar surface area (TPSA) is 100 Å². The maximum Gasteiger partial charge on any atom is 0.176 e. The van der Waals surface area contributed by atoms with Gasteiger partial charge in [0.05, 0.1) is 27.3 Å². The molecule has 0 saturated carbocycles. The van der Waals surface area contributed by atoms with E-state index in [9.17, 15) is 0 Å². The fourth-order valence-corrected chi connectivity index (χ4v) is 1.93. The largest absolute Gasteiger partial charge is 0.493 e. The van der Waals surface area contributed by atoms with Crippen molar-refractivity contribution in [2.45, 2.75) is 12.5 Å². The molecule has 0 radical (unpaired) electrons. The molecule has 2 aromatic rings. The number of rotatable bonds is 6. The molecule has 108 valence electrons. The summed E-state index contributed by atoms with van der Waals surface area (Å²) in [7, 11) is 4.91. The Morgan fingerprint density at radius 3 is 2.60 bits per heavy atom. The fourth-order valence-electron chi connectivity index (χ4n) is 1.93. The molecule has 1 aromatic heterocycles. The summed E-state index contributed by atoms with van der Waals surface area (Å²) >= 11 is 0. The Kier molecular flexibility index (Phi) is 4.49. The number of aromatic nitrogens is 4. The van der Waals surface area contributed by atoms with Crippen molar-refractivity contribution in [3.05, 3.63) is 29.6 Å². The smallest absolute Gasteiger partial charge is 0.176 e. The van der Waals surface area contributed by atoms with E-state index >= 15 is 0 Å². The number of nitrogens with two attached hydrogens (primary N) is 1. The van der Waals surface area contributed by atoms with Gasteiger partial charge in [0, 0.05) is 6.42 Å². The van der Waals surface area contributed by atoms with Crippen LogP contribution in [0.1, 0.15) is 17.4 Å². The molecule has 0 aliphatic rings. The average Bonchev–Trinajstić information content (AvgIpc) is 2.89. The van der Waals surface area contributed by atoms with Crippen LogP contribution in [0.15, 0.2) is 18.2 Å². The van der Waals surface area contributed by atoms with Gasteiger partial charge in [-0.2, -0.15) is 4.80 Å². The maximum atomic E-state index is 5.62. The number of benzene rings is 1. The third-order valence-electron chi connectivity index (χ3n) is 2.95. The van der Waals surface area contributed by atoms with Crippen LogP contribution in [0, 0.1) is 0 Å². The highest BCUT2D eigenvalue weighted by Crippen LogP contribution is 2.30. The second-order valence-corrected chi connectivity index (χ2v) is 4.23. The van der Waals surface area contributed by atoms with Crippen molar-refractivity contribution >= 4 is 0 Å². The minimum absolute atomic E-state index is 0.140. The molecule has 2 rings (SSSR count). The molecule has 0 aliphatic heterocycles. The van der Waals surface area contributed by atoms with Gasteiger partial charge in [0.1, 0.15) is 0 Å². The quantitative estimate of drug-likeness (QED) is 0.565. The van der Waals surface area contributed by atoms with Gasteiger partial charge in [-0.25, -0.2) is 0 Å². The van der Waals surface area contributed by atoms with Crippen molar-refractivity contribution in [3.8, 4) is 11.5 Å². The number of hydrazine groups is 1. The van der Waals surface area contributed by atoms with E-state index in [0.717, 1.165) is 5.56 Å². The number of nitrogens with zero attached hydrogens (tertiary/aromatic N) is 4. The van der Waals surface area contributed by atoms with E-state index in [1.54, 1.807) is 21.3 Å². The maximum absolute atomic E-state index is 5.62. The van der Waals surface area contributed by atoms with Crippen LogP contribution < -0.4 is 20.7 Å². The molecule has 1 atom stereocenters. The lowest BCUT2D eigenvalue weighted by Gasteiger charge is -2.16. The number of hydrogen-bond donors (Lipinski definition) is 2. The summed E-state index contributed by atoms with van der Waals surface area (Å²) in [5.41, 5.74) is 3.71.